The second-order valence-electron chi connectivity index (χ2n) is 8.96. The summed E-state index contributed by atoms with van der Waals surface area (Å²) in [5.74, 6) is 1.79. The molecule has 0 N–H and O–H groups in total. The number of ether oxygens (including phenoxy) is 2. The minimum atomic E-state index is 0.273. The zero-order valence-electron chi connectivity index (χ0n) is 17.7. The molecule has 0 amide bonds. The Bertz CT molecular complexity index is 545. The lowest BCUT2D eigenvalue weighted by Crippen LogP contribution is -2.39. The van der Waals surface area contributed by atoms with Crippen molar-refractivity contribution in [2.45, 2.75) is 97.0 Å². The SMILES string of the molecule is CC(CC1CCN(C(C)C)CC1)Oc1cccc(COC2CCCCC2)c1. The van der Waals surface area contributed by atoms with Crippen LogP contribution in [0.3, 0.4) is 0 Å². The van der Waals surface area contributed by atoms with Crippen molar-refractivity contribution in [3.63, 3.8) is 0 Å². The Kier molecular flexibility index (Phi) is 8.02. The van der Waals surface area contributed by atoms with E-state index >= 15 is 0 Å². The molecule has 27 heavy (non-hydrogen) atoms. The van der Waals surface area contributed by atoms with Crippen molar-refractivity contribution in [3.05, 3.63) is 29.8 Å². The highest BCUT2D eigenvalue weighted by Gasteiger charge is 2.23. The fraction of sp³-hybridized carbons (Fsp3) is 0.750. The zero-order chi connectivity index (χ0) is 19.1. The number of nitrogens with zero attached hydrogens (tertiary/aromatic N) is 1. The average Bonchev–Trinajstić information content (AvgIpc) is 2.68. The molecule has 152 valence electrons. The third-order valence-corrected chi connectivity index (χ3v) is 6.32. The molecule has 1 aliphatic carbocycles. The summed E-state index contributed by atoms with van der Waals surface area (Å²) in [5, 5.41) is 0. The van der Waals surface area contributed by atoms with Crippen molar-refractivity contribution in [2.75, 3.05) is 13.1 Å². The third-order valence-electron chi connectivity index (χ3n) is 6.32. The number of likely N-dealkylation sites (tertiary alicyclic amines) is 1. The maximum atomic E-state index is 6.25. The summed E-state index contributed by atoms with van der Waals surface area (Å²) in [5.41, 5.74) is 1.23. The number of piperidine rings is 1. The number of rotatable bonds is 8. The van der Waals surface area contributed by atoms with Gasteiger partial charge >= 0.3 is 0 Å². The van der Waals surface area contributed by atoms with E-state index in [2.05, 4.69) is 49.9 Å². The molecule has 1 aromatic rings. The molecule has 0 bridgehead atoms. The second-order valence-corrected chi connectivity index (χ2v) is 8.96. The maximum Gasteiger partial charge on any atom is 0.120 e. The van der Waals surface area contributed by atoms with Crippen molar-refractivity contribution < 1.29 is 9.47 Å². The Balaban J connectivity index is 1.42. The molecule has 3 heteroatoms. The van der Waals surface area contributed by atoms with Gasteiger partial charge in [0, 0.05) is 6.04 Å². The van der Waals surface area contributed by atoms with Crippen molar-refractivity contribution in [3.8, 4) is 5.75 Å². The largest absolute Gasteiger partial charge is 0.491 e. The Labute approximate surface area is 166 Å². The lowest BCUT2D eigenvalue weighted by atomic mass is 9.91. The van der Waals surface area contributed by atoms with E-state index in [9.17, 15) is 0 Å². The first kappa shape index (κ1) is 20.7. The van der Waals surface area contributed by atoms with E-state index in [4.69, 9.17) is 9.47 Å². The van der Waals surface area contributed by atoms with Gasteiger partial charge in [-0.1, -0.05) is 31.4 Å². The molecule has 0 spiro atoms. The van der Waals surface area contributed by atoms with Crippen molar-refractivity contribution >= 4 is 0 Å². The molecule has 2 aliphatic rings. The van der Waals surface area contributed by atoms with E-state index in [0.717, 1.165) is 18.1 Å². The Morgan fingerprint density at radius 2 is 1.74 bits per heavy atom. The van der Waals surface area contributed by atoms with E-state index in [-0.39, 0.29) is 6.10 Å². The first-order valence-corrected chi connectivity index (χ1v) is 11.2. The van der Waals surface area contributed by atoms with Crippen LogP contribution in [0.4, 0.5) is 0 Å². The summed E-state index contributed by atoms with van der Waals surface area (Å²) in [4.78, 5) is 2.60. The van der Waals surface area contributed by atoms with E-state index in [0.29, 0.717) is 18.8 Å². The van der Waals surface area contributed by atoms with Gasteiger partial charge in [-0.2, -0.15) is 0 Å². The molecule has 1 heterocycles. The molecule has 3 rings (SSSR count). The highest BCUT2D eigenvalue weighted by Crippen LogP contribution is 2.26. The van der Waals surface area contributed by atoms with Gasteiger partial charge in [-0.3, -0.25) is 0 Å². The van der Waals surface area contributed by atoms with Gasteiger partial charge in [0.15, 0.2) is 0 Å². The minimum Gasteiger partial charge on any atom is -0.491 e. The van der Waals surface area contributed by atoms with Crippen LogP contribution in [-0.4, -0.2) is 36.2 Å². The average molecular weight is 374 g/mol. The third kappa shape index (κ3) is 6.80. The zero-order valence-corrected chi connectivity index (χ0v) is 17.7. The van der Waals surface area contributed by atoms with E-state index in [1.807, 2.05) is 0 Å². The highest BCUT2D eigenvalue weighted by atomic mass is 16.5. The summed E-state index contributed by atoms with van der Waals surface area (Å²) in [6.07, 6.45) is 11.0. The molecule has 0 radical (unpaired) electrons. The summed E-state index contributed by atoms with van der Waals surface area (Å²) in [7, 11) is 0. The molecule has 1 saturated heterocycles. The minimum absolute atomic E-state index is 0.273. The molecule has 2 fully saturated rings. The number of hydrogen-bond acceptors (Lipinski definition) is 3. The Morgan fingerprint density at radius 3 is 2.44 bits per heavy atom. The molecule has 0 aromatic heterocycles. The molecule has 1 unspecified atom stereocenters. The van der Waals surface area contributed by atoms with Crippen molar-refractivity contribution in [2.24, 2.45) is 5.92 Å². The molecule has 3 nitrogen and oxygen atoms in total. The molecular weight excluding hydrogens is 334 g/mol. The van der Waals surface area contributed by atoms with E-state index < -0.39 is 0 Å². The van der Waals surface area contributed by atoms with Crippen LogP contribution in [0.5, 0.6) is 5.75 Å². The van der Waals surface area contributed by atoms with Crippen LogP contribution in [0.15, 0.2) is 24.3 Å². The molecular formula is C24H39NO2. The first-order chi connectivity index (χ1) is 13.1. The predicted octanol–water partition coefficient (Wildman–Crippen LogP) is 5.81. The lowest BCUT2D eigenvalue weighted by Gasteiger charge is -2.35. The van der Waals surface area contributed by atoms with Gasteiger partial charge in [0.05, 0.1) is 18.8 Å². The normalized spacial score (nSPS) is 21.5. The number of benzene rings is 1. The summed E-state index contributed by atoms with van der Waals surface area (Å²) < 4.78 is 12.4. The quantitative estimate of drug-likeness (QED) is 0.573. The van der Waals surface area contributed by atoms with Crippen LogP contribution in [0.1, 0.15) is 77.7 Å². The summed E-state index contributed by atoms with van der Waals surface area (Å²) >= 11 is 0. The lowest BCUT2D eigenvalue weighted by molar-refractivity contribution is 0.0167. The van der Waals surface area contributed by atoms with Gasteiger partial charge in [-0.05, 0) is 89.6 Å². The summed E-state index contributed by atoms with van der Waals surface area (Å²) in [6, 6.07) is 9.19. The van der Waals surface area contributed by atoms with Crippen molar-refractivity contribution in [1.82, 2.24) is 4.90 Å². The first-order valence-electron chi connectivity index (χ1n) is 11.2. The molecule has 1 aromatic carbocycles. The Hall–Kier alpha value is -1.06. The van der Waals surface area contributed by atoms with Crippen molar-refractivity contribution in [1.29, 1.82) is 0 Å². The number of hydrogen-bond donors (Lipinski definition) is 0. The van der Waals surface area contributed by atoms with Gasteiger partial charge in [0.2, 0.25) is 0 Å². The second kappa shape index (κ2) is 10.5. The molecule has 1 aliphatic heterocycles. The van der Waals surface area contributed by atoms with Gasteiger partial charge in [-0.15, -0.1) is 0 Å². The van der Waals surface area contributed by atoms with E-state index in [1.54, 1.807) is 0 Å². The van der Waals surface area contributed by atoms with Gasteiger partial charge in [-0.25, -0.2) is 0 Å². The topological polar surface area (TPSA) is 21.7 Å². The summed E-state index contributed by atoms with van der Waals surface area (Å²) in [6.45, 7) is 10.0. The predicted molar refractivity (Wildman–Crippen MR) is 112 cm³/mol. The van der Waals surface area contributed by atoms with Crippen LogP contribution in [-0.2, 0) is 11.3 Å². The van der Waals surface area contributed by atoms with Gasteiger partial charge in [0.1, 0.15) is 5.75 Å². The van der Waals surface area contributed by atoms with Crippen LogP contribution < -0.4 is 4.74 Å². The smallest absolute Gasteiger partial charge is 0.120 e. The monoisotopic (exact) mass is 373 g/mol. The fourth-order valence-corrected chi connectivity index (χ4v) is 4.61. The maximum absolute atomic E-state index is 6.25. The standard InChI is InChI=1S/C24H39NO2/c1-19(2)25-14-12-21(13-15-25)16-20(3)27-24-11-7-8-22(17-24)18-26-23-9-5-4-6-10-23/h7-8,11,17,19-21,23H,4-6,9-10,12-16,18H2,1-3H3. The van der Waals surface area contributed by atoms with Crippen LogP contribution in [0.25, 0.3) is 0 Å². The van der Waals surface area contributed by atoms with Crippen LogP contribution >= 0.6 is 0 Å². The Morgan fingerprint density at radius 1 is 1.00 bits per heavy atom. The fourth-order valence-electron chi connectivity index (χ4n) is 4.61. The molecule has 1 saturated carbocycles. The van der Waals surface area contributed by atoms with Crippen LogP contribution in [0, 0.1) is 5.92 Å². The van der Waals surface area contributed by atoms with E-state index in [1.165, 1.54) is 63.6 Å². The van der Waals surface area contributed by atoms with Gasteiger partial charge in [0.25, 0.3) is 0 Å². The van der Waals surface area contributed by atoms with Gasteiger partial charge < -0.3 is 14.4 Å². The molecule has 1 atom stereocenters. The van der Waals surface area contributed by atoms with Crippen LogP contribution in [0.2, 0.25) is 0 Å². The highest BCUT2D eigenvalue weighted by molar-refractivity contribution is 5.28.